The molecule has 0 amide bonds. The quantitative estimate of drug-likeness (QED) is 0.629. The molecule has 0 bridgehead atoms. The number of rotatable bonds is 3. The molecule has 0 fully saturated rings. The molecule has 1 N–H and O–H groups in total. The van der Waals surface area contributed by atoms with Gasteiger partial charge in [0.25, 0.3) is 5.56 Å². The van der Waals surface area contributed by atoms with Gasteiger partial charge in [-0.05, 0) is 24.3 Å². The number of nitrogens with zero attached hydrogens (tertiary/aromatic N) is 3. The number of para-hydroxylation sites is 2. The first-order chi connectivity index (χ1) is 11.3. The fraction of sp³-hybridized carbons (Fsp3) is 0. The first kappa shape index (κ1) is 13.3. The van der Waals surface area contributed by atoms with E-state index >= 15 is 0 Å². The fourth-order valence-corrected chi connectivity index (χ4v) is 2.42. The minimum atomic E-state index is -0.146. The number of benzene rings is 2. The Morgan fingerprint density at radius 3 is 2.52 bits per heavy atom. The third-order valence-electron chi connectivity index (χ3n) is 3.47. The third-order valence-corrected chi connectivity index (χ3v) is 3.47. The van der Waals surface area contributed by atoms with Crippen molar-refractivity contribution in [3.05, 3.63) is 77.3 Å². The molecule has 0 aliphatic heterocycles. The van der Waals surface area contributed by atoms with Gasteiger partial charge in [0.2, 0.25) is 5.95 Å². The lowest BCUT2D eigenvalue weighted by Crippen LogP contribution is -2.22. The highest BCUT2D eigenvalue weighted by Gasteiger charge is 2.13. The van der Waals surface area contributed by atoms with E-state index in [-0.39, 0.29) is 5.56 Å². The molecule has 2 aromatic carbocycles. The molecule has 4 rings (SSSR count). The van der Waals surface area contributed by atoms with Crippen LogP contribution in [0.5, 0.6) is 0 Å². The summed E-state index contributed by atoms with van der Waals surface area (Å²) in [6.07, 6.45) is 1.45. The second-order valence-electron chi connectivity index (χ2n) is 4.94. The molecule has 0 aliphatic rings. The lowest BCUT2D eigenvalue weighted by Gasteiger charge is -2.13. The second-order valence-corrected chi connectivity index (χ2v) is 4.94. The van der Waals surface area contributed by atoms with Crippen LogP contribution in [0.2, 0.25) is 0 Å². The highest BCUT2D eigenvalue weighted by molar-refractivity contribution is 5.79. The number of aromatic nitrogens is 3. The first-order valence-electron chi connectivity index (χ1n) is 7.07. The van der Waals surface area contributed by atoms with Crippen LogP contribution in [0.3, 0.4) is 0 Å². The predicted molar refractivity (Wildman–Crippen MR) is 87.1 cm³/mol. The Hall–Kier alpha value is -3.41. The summed E-state index contributed by atoms with van der Waals surface area (Å²) >= 11 is 0. The Balaban J connectivity index is 2.00. The summed E-state index contributed by atoms with van der Waals surface area (Å²) in [5, 5.41) is 7.40. The number of hydrogen-bond donors (Lipinski definition) is 1. The van der Waals surface area contributed by atoms with Crippen molar-refractivity contribution in [3.63, 3.8) is 0 Å². The van der Waals surface area contributed by atoms with Gasteiger partial charge in [-0.2, -0.15) is 0 Å². The Bertz CT molecular complexity index is 1010. The van der Waals surface area contributed by atoms with Crippen LogP contribution in [0, 0.1) is 0 Å². The number of nitrogens with one attached hydrogen (secondary N) is 1. The molecular weight excluding hydrogens is 292 g/mol. The van der Waals surface area contributed by atoms with Crippen molar-refractivity contribution in [1.82, 2.24) is 14.7 Å². The summed E-state index contributed by atoms with van der Waals surface area (Å²) in [5.74, 6) is 0.866. The summed E-state index contributed by atoms with van der Waals surface area (Å²) in [5.41, 5.74) is 1.20. The molecule has 0 unspecified atom stereocenters. The number of hydrogen-bond acceptors (Lipinski definition) is 5. The molecule has 0 spiro atoms. The van der Waals surface area contributed by atoms with Crippen molar-refractivity contribution in [1.29, 1.82) is 0 Å². The summed E-state index contributed by atoms with van der Waals surface area (Å²) in [7, 11) is 0. The van der Waals surface area contributed by atoms with Gasteiger partial charge in [0.15, 0.2) is 5.82 Å². The normalized spacial score (nSPS) is 10.8. The predicted octanol–water partition coefficient (Wildman–Crippen LogP) is 3.12. The molecule has 2 aromatic heterocycles. The molecule has 0 radical (unpaired) electrons. The van der Waals surface area contributed by atoms with E-state index in [0.29, 0.717) is 22.7 Å². The van der Waals surface area contributed by atoms with E-state index in [1.165, 1.54) is 10.8 Å². The molecule has 6 nitrogen and oxygen atoms in total. The van der Waals surface area contributed by atoms with Crippen molar-refractivity contribution in [2.24, 2.45) is 0 Å². The Kier molecular flexibility index (Phi) is 3.12. The van der Waals surface area contributed by atoms with Crippen molar-refractivity contribution in [2.75, 3.05) is 5.32 Å². The average molecular weight is 304 g/mol. The lowest BCUT2D eigenvalue weighted by atomic mass is 10.2. The number of fused-ring (bicyclic) bond motifs is 1. The summed E-state index contributed by atoms with van der Waals surface area (Å²) in [6, 6.07) is 18.3. The second kappa shape index (κ2) is 5.42. The summed E-state index contributed by atoms with van der Waals surface area (Å²) in [4.78, 5) is 17.5. The SMILES string of the molecule is O=c1c2ccccc2nc(Nc2ccon2)n1-c1ccccc1. The van der Waals surface area contributed by atoms with Gasteiger partial charge in [0.05, 0.1) is 16.6 Å². The van der Waals surface area contributed by atoms with Crippen LogP contribution in [-0.4, -0.2) is 14.7 Å². The van der Waals surface area contributed by atoms with Crippen molar-refractivity contribution >= 4 is 22.7 Å². The van der Waals surface area contributed by atoms with Gasteiger partial charge >= 0.3 is 0 Å². The topological polar surface area (TPSA) is 73.0 Å². The minimum Gasteiger partial charge on any atom is -0.363 e. The third kappa shape index (κ3) is 2.36. The van der Waals surface area contributed by atoms with E-state index in [4.69, 9.17) is 4.52 Å². The van der Waals surface area contributed by atoms with E-state index in [2.05, 4.69) is 15.5 Å². The van der Waals surface area contributed by atoms with E-state index < -0.39 is 0 Å². The van der Waals surface area contributed by atoms with Crippen LogP contribution in [-0.2, 0) is 0 Å². The maximum absolute atomic E-state index is 12.9. The summed E-state index contributed by atoms with van der Waals surface area (Å²) < 4.78 is 6.35. The zero-order valence-corrected chi connectivity index (χ0v) is 12.0. The van der Waals surface area contributed by atoms with E-state index in [1.807, 2.05) is 42.5 Å². The van der Waals surface area contributed by atoms with Gasteiger partial charge in [-0.25, -0.2) is 9.55 Å². The van der Waals surface area contributed by atoms with Crippen LogP contribution in [0.1, 0.15) is 0 Å². The largest absolute Gasteiger partial charge is 0.363 e. The zero-order valence-electron chi connectivity index (χ0n) is 12.0. The molecule has 0 aliphatic carbocycles. The van der Waals surface area contributed by atoms with Crippen LogP contribution in [0.15, 0.2) is 76.2 Å². The smallest absolute Gasteiger partial charge is 0.267 e. The Labute approximate surface area is 131 Å². The molecular formula is C17H12N4O2. The van der Waals surface area contributed by atoms with E-state index in [9.17, 15) is 4.79 Å². The molecule has 0 saturated heterocycles. The van der Waals surface area contributed by atoms with Crippen LogP contribution < -0.4 is 10.9 Å². The number of anilines is 2. The Morgan fingerprint density at radius 2 is 1.74 bits per heavy atom. The summed E-state index contributed by atoms with van der Waals surface area (Å²) in [6.45, 7) is 0. The van der Waals surface area contributed by atoms with Crippen LogP contribution in [0.4, 0.5) is 11.8 Å². The molecule has 112 valence electrons. The van der Waals surface area contributed by atoms with Crippen molar-refractivity contribution in [2.45, 2.75) is 0 Å². The maximum Gasteiger partial charge on any atom is 0.267 e. The van der Waals surface area contributed by atoms with Gasteiger partial charge in [0, 0.05) is 6.07 Å². The van der Waals surface area contributed by atoms with Gasteiger partial charge in [-0.1, -0.05) is 35.5 Å². The average Bonchev–Trinajstić information content (AvgIpc) is 3.09. The monoisotopic (exact) mass is 304 g/mol. The molecule has 0 atom stereocenters. The van der Waals surface area contributed by atoms with E-state index in [1.54, 1.807) is 18.2 Å². The molecule has 0 saturated carbocycles. The Morgan fingerprint density at radius 1 is 0.957 bits per heavy atom. The van der Waals surface area contributed by atoms with Crippen molar-refractivity contribution < 1.29 is 4.52 Å². The van der Waals surface area contributed by atoms with Crippen LogP contribution >= 0.6 is 0 Å². The maximum atomic E-state index is 12.9. The fourth-order valence-electron chi connectivity index (χ4n) is 2.42. The highest BCUT2D eigenvalue weighted by atomic mass is 16.5. The molecule has 6 heteroatoms. The minimum absolute atomic E-state index is 0.146. The van der Waals surface area contributed by atoms with Crippen LogP contribution in [0.25, 0.3) is 16.6 Å². The zero-order chi connectivity index (χ0) is 15.6. The standard InChI is InChI=1S/C17H12N4O2/c22-16-13-8-4-5-9-14(13)18-17(19-15-10-11-23-20-15)21(16)12-6-2-1-3-7-12/h1-11H,(H,18,19,20). The van der Waals surface area contributed by atoms with E-state index in [0.717, 1.165) is 5.69 Å². The van der Waals surface area contributed by atoms with Gasteiger partial charge in [-0.15, -0.1) is 0 Å². The van der Waals surface area contributed by atoms with Gasteiger partial charge < -0.3 is 9.84 Å². The molecule has 2 heterocycles. The molecule has 4 aromatic rings. The first-order valence-corrected chi connectivity index (χ1v) is 7.07. The van der Waals surface area contributed by atoms with Gasteiger partial charge in [0.1, 0.15) is 6.26 Å². The van der Waals surface area contributed by atoms with Gasteiger partial charge in [-0.3, -0.25) is 4.79 Å². The highest BCUT2D eigenvalue weighted by Crippen LogP contribution is 2.18. The lowest BCUT2D eigenvalue weighted by molar-refractivity contribution is 0.423. The van der Waals surface area contributed by atoms with Crippen molar-refractivity contribution in [3.8, 4) is 5.69 Å². The molecule has 23 heavy (non-hydrogen) atoms.